The number of hydrogen-bond donors (Lipinski definition) is 1. The molecule has 1 aromatic rings. The summed E-state index contributed by atoms with van der Waals surface area (Å²) >= 11 is 0. The van der Waals surface area contributed by atoms with Crippen LogP contribution < -0.4 is 10.2 Å². The van der Waals surface area contributed by atoms with Crippen LogP contribution in [-0.4, -0.2) is 70.2 Å². The highest BCUT2D eigenvalue weighted by molar-refractivity contribution is 5.50. The monoisotopic (exact) mass is 294 g/mol. The minimum Gasteiger partial charge on any atom is -0.367 e. The SMILES string of the molecule is CN(C)CCNCc1ccc(F)c(N2CCN(C)CC2)c1. The summed E-state index contributed by atoms with van der Waals surface area (Å²) in [6.45, 7) is 6.50. The fourth-order valence-electron chi connectivity index (χ4n) is 2.49. The van der Waals surface area contributed by atoms with Gasteiger partial charge in [-0.3, -0.25) is 0 Å². The van der Waals surface area contributed by atoms with Crippen LogP contribution in [0.25, 0.3) is 0 Å². The molecule has 2 rings (SSSR count). The Morgan fingerprint density at radius 1 is 1.19 bits per heavy atom. The van der Waals surface area contributed by atoms with E-state index in [0.717, 1.165) is 57.1 Å². The van der Waals surface area contributed by atoms with E-state index in [0.29, 0.717) is 0 Å². The second-order valence-corrected chi connectivity index (χ2v) is 6.06. The average Bonchev–Trinajstić information content (AvgIpc) is 2.46. The molecule has 0 spiro atoms. The van der Waals surface area contributed by atoms with Crippen LogP contribution >= 0.6 is 0 Å². The summed E-state index contributed by atoms with van der Waals surface area (Å²) in [6, 6.07) is 5.46. The molecule has 1 aromatic carbocycles. The van der Waals surface area contributed by atoms with E-state index < -0.39 is 0 Å². The lowest BCUT2D eigenvalue weighted by atomic mass is 10.1. The van der Waals surface area contributed by atoms with Crippen LogP contribution in [0.5, 0.6) is 0 Å². The number of anilines is 1. The van der Waals surface area contributed by atoms with Crippen LogP contribution in [0.15, 0.2) is 18.2 Å². The van der Waals surface area contributed by atoms with E-state index in [1.165, 1.54) is 0 Å². The molecule has 5 heteroatoms. The zero-order valence-corrected chi connectivity index (χ0v) is 13.4. The van der Waals surface area contributed by atoms with Crippen molar-refractivity contribution in [2.45, 2.75) is 6.54 Å². The summed E-state index contributed by atoms with van der Waals surface area (Å²) in [4.78, 5) is 6.58. The lowest BCUT2D eigenvalue weighted by Gasteiger charge is -2.34. The van der Waals surface area contributed by atoms with Gasteiger partial charge in [0, 0.05) is 45.8 Å². The summed E-state index contributed by atoms with van der Waals surface area (Å²) < 4.78 is 14.1. The third-order valence-corrected chi connectivity index (χ3v) is 3.92. The molecule has 1 heterocycles. The summed E-state index contributed by atoms with van der Waals surface area (Å²) in [5, 5.41) is 3.40. The quantitative estimate of drug-likeness (QED) is 0.797. The second-order valence-electron chi connectivity index (χ2n) is 6.06. The number of halogens is 1. The van der Waals surface area contributed by atoms with E-state index in [4.69, 9.17) is 0 Å². The van der Waals surface area contributed by atoms with Gasteiger partial charge in [-0.1, -0.05) is 6.07 Å². The molecule has 21 heavy (non-hydrogen) atoms. The van der Waals surface area contributed by atoms with Crippen molar-refractivity contribution in [2.24, 2.45) is 0 Å². The molecule has 0 saturated carbocycles. The molecule has 0 unspecified atom stereocenters. The predicted octanol–water partition coefficient (Wildman–Crippen LogP) is 1.23. The topological polar surface area (TPSA) is 21.8 Å². The molecular formula is C16H27FN4. The van der Waals surface area contributed by atoms with Gasteiger partial charge in [-0.2, -0.15) is 0 Å². The Balaban J connectivity index is 1.93. The third kappa shape index (κ3) is 4.95. The number of nitrogens with one attached hydrogen (secondary N) is 1. The molecule has 0 amide bonds. The van der Waals surface area contributed by atoms with Gasteiger partial charge in [0.05, 0.1) is 5.69 Å². The van der Waals surface area contributed by atoms with Crippen LogP contribution in [-0.2, 0) is 6.54 Å². The Labute approximate surface area is 127 Å². The van der Waals surface area contributed by atoms with Gasteiger partial charge in [-0.25, -0.2) is 4.39 Å². The first-order chi connectivity index (χ1) is 10.1. The van der Waals surface area contributed by atoms with E-state index >= 15 is 0 Å². The van der Waals surface area contributed by atoms with E-state index in [1.807, 2.05) is 12.1 Å². The first-order valence-electron chi connectivity index (χ1n) is 7.63. The first kappa shape index (κ1) is 16.2. The maximum absolute atomic E-state index is 14.1. The van der Waals surface area contributed by atoms with E-state index in [9.17, 15) is 4.39 Å². The van der Waals surface area contributed by atoms with Gasteiger partial charge in [0.2, 0.25) is 0 Å². The largest absolute Gasteiger partial charge is 0.367 e. The molecule has 0 bridgehead atoms. The Bertz CT molecular complexity index is 442. The van der Waals surface area contributed by atoms with Crippen LogP contribution in [0.1, 0.15) is 5.56 Å². The normalized spacial score (nSPS) is 16.7. The number of rotatable bonds is 6. The molecule has 0 aliphatic carbocycles. The second kappa shape index (κ2) is 7.73. The zero-order chi connectivity index (χ0) is 15.2. The molecule has 1 fully saturated rings. The summed E-state index contributed by atoms with van der Waals surface area (Å²) in [7, 11) is 6.23. The van der Waals surface area contributed by atoms with Crippen molar-refractivity contribution in [1.29, 1.82) is 0 Å². The number of benzene rings is 1. The van der Waals surface area contributed by atoms with Crippen molar-refractivity contribution >= 4 is 5.69 Å². The van der Waals surface area contributed by atoms with Crippen LogP contribution in [0.3, 0.4) is 0 Å². The van der Waals surface area contributed by atoms with Gasteiger partial charge >= 0.3 is 0 Å². The van der Waals surface area contributed by atoms with Crippen molar-refractivity contribution in [3.05, 3.63) is 29.6 Å². The van der Waals surface area contributed by atoms with Crippen molar-refractivity contribution in [2.75, 3.05) is 65.3 Å². The maximum atomic E-state index is 14.1. The fourth-order valence-corrected chi connectivity index (χ4v) is 2.49. The molecule has 0 atom stereocenters. The highest BCUT2D eigenvalue weighted by Gasteiger charge is 2.17. The number of piperazine rings is 1. The Kier molecular flexibility index (Phi) is 5.96. The van der Waals surface area contributed by atoms with Crippen LogP contribution in [0.4, 0.5) is 10.1 Å². The van der Waals surface area contributed by atoms with Gasteiger partial charge in [0.15, 0.2) is 0 Å². The highest BCUT2D eigenvalue weighted by atomic mass is 19.1. The summed E-state index contributed by atoms with van der Waals surface area (Å²) in [5.41, 5.74) is 1.89. The molecule has 1 aliphatic heterocycles. The Hall–Kier alpha value is -1.17. The van der Waals surface area contributed by atoms with Crippen molar-refractivity contribution in [3.8, 4) is 0 Å². The molecule has 1 saturated heterocycles. The fraction of sp³-hybridized carbons (Fsp3) is 0.625. The van der Waals surface area contributed by atoms with E-state index in [-0.39, 0.29) is 5.82 Å². The van der Waals surface area contributed by atoms with Gasteiger partial charge in [0.25, 0.3) is 0 Å². The predicted molar refractivity (Wildman–Crippen MR) is 86.4 cm³/mol. The smallest absolute Gasteiger partial charge is 0.146 e. The average molecular weight is 294 g/mol. The van der Waals surface area contributed by atoms with Crippen LogP contribution in [0.2, 0.25) is 0 Å². The minimum absolute atomic E-state index is 0.114. The standard InChI is InChI=1S/C16H27FN4/c1-19(2)7-6-18-13-14-4-5-15(17)16(12-14)21-10-8-20(3)9-11-21/h4-5,12,18H,6-11,13H2,1-3H3. The zero-order valence-electron chi connectivity index (χ0n) is 13.4. The molecular weight excluding hydrogens is 267 g/mol. The van der Waals surface area contributed by atoms with Crippen molar-refractivity contribution in [1.82, 2.24) is 15.1 Å². The number of likely N-dealkylation sites (N-methyl/N-ethyl adjacent to an activating group) is 2. The van der Waals surface area contributed by atoms with E-state index in [1.54, 1.807) is 6.07 Å². The van der Waals surface area contributed by atoms with Crippen molar-refractivity contribution in [3.63, 3.8) is 0 Å². The van der Waals surface area contributed by atoms with Gasteiger partial charge < -0.3 is 20.0 Å². The first-order valence-corrected chi connectivity index (χ1v) is 7.63. The van der Waals surface area contributed by atoms with Gasteiger partial charge in [-0.15, -0.1) is 0 Å². The molecule has 1 aliphatic rings. The van der Waals surface area contributed by atoms with Gasteiger partial charge in [-0.05, 0) is 38.8 Å². The minimum atomic E-state index is -0.114. The lowest BCUT2D eigenvalue weighted by molar-refractivity contribution is 0.311. The third-order valence-electron chi connectivity index (χ3n) is 3.92. The Morgan fingerprint density at radius 2 is 1.90 bits per heavy atom. The Morgan fingerprint density at radius 3 is 2.57 bits per heavy atom. The lowest BCUT2D eigenvalue weighted by Crippen LogP contribution is -2.44. The maximum Gasteiger partial charge on any atom is 0.146 e. The van der Waals surface area contributed by atoms with E-state index in [2.05, 4.69) is 41.2 Å². The van der Waals surface area contributed by atoms with Crippen molar-refractivity contribution < 1.29 is 4.39 Å². The molecule has 4 nitrogen and oxygen atoms in total. The summed E-state index contributed by atoms with van der Waals surface area (Å²) in [5.74, 6) is -0.114. The molecule has 0 aromatic heterocycles. The summed E-state index contributed by atoms with van der Waals surface area (Å²) in [6.07, 6.45) is 0. The number of hydrogen-bond acceptors (Lipinski definition) is 4. The molecule has 1 N–H and O–H groups in total. The molecule has 118 valence electrons. The van der Waals surface area contributed by atoms with Crippen LogP contribution in [0, 0.1) is 5.82 Å². The highest BCUT2D eigenvalue weighted by Crippen LogP contribution is 2.22. The molecule has 0 radical (unpaired) electrons. The number of nitrogens with zero attached hydrogens (tertiary/aromatic N) is 3. The van der Waals surface area contributed by atoms with Gasteiger partial charge in [0.1, 0.15) is 5.82 Å².